The molecule has 1 saturated heterocycles. The molecule has 0 aromatic rings. The van der Waals surface area contributed by atoms with Crippen LogP contribution in [0.15, 0.2) is 0 Å². The Balaban J connectivity index is 1.76. The van der Waals surface area contributed by atoms with E-state index in [9.17, 15) is 0 Å². The highest BCUT2D eigenvalue weighted by Gasteiger charge is 2.29. The van der Waals surface area contributed by atoms with Gasteiger partial charge in [-0.25, -0.2) is 0 Å². The third kappa shape index (κ3) is 3.71. The summed E-state index contributed by atoms with van der Waals surface area (Å²) in [5.74, 6) is 0.888. The highest BCUT2D eigenvalue weighted by Crippen LogP contribution is 2.26. The van der Waals surface area contributed by atoms with Crippen LogP contribution in [0, 0.1) is 5.92 Å². The van der Waals surface area contributed by atoms with Crippen LogP contribution in [0.3, 0.4) is 0 Å². The molecule has 2 unspecified atom stereocenters. The molecular formula is C16H32N2. The standard InChI is InChI=1S/C16H32N2/c1-13-7-5-6-8-15(13)17-14-9-11-18(12-10-14)16(2,3)4/h13-15,17H,5-12H2,1-4H3. The van der Waals surface area contributed by atoms with Gasteiger partial charge in [0.15, 0.2) is 0 Å². The van der Waals surface area contributed by atoms with Gasteiger partial charge in [0.05, 0.1) is 0 Å². The molecule has 2 aliphatic rings. The van der Waals surface area contributed by atoms with Crippen LogP contribution < -0.4 is 5.32 Å². The molecule has 106 valence electrons. The summed E-state index contributed by atoms with van der Waals surface area (Å²) >= 11 is 0. The van der Waals surface area contributed by atoms with Crippen molar-refractivity contribution in [3.05, 3.63) is 0 Å². The molecule has 0 aromatic heterocycles. The molecule has 2 nitrogen and oxygen atoms in total. The minimum absolute atomic E-state index is 0.350. The van der Waals surface area contributed by atoms with Crippen LogP contribution in [0.2, 0.25) is 0 Å². The molecular weight excluding hydrogens is 220 g/mol. The second-order valence-corrected chi connectivity index (χ2v) is 7.47. The zero-order chi connectivity index (χ0) is 13.2. The number of rotatable bonds is 2. The molecule has 1 aliphatic carbocycles. The smallest absolute Gasteiger partial charge is 0.0125 e. The van der Waals surface area contributed by atoms with Crippen LogP contribution in [0.25, 0.3) is 0 Å². The van der Waals surface area contributed by atoms with Crippen molar-refractivity contribution in [3.8, 4) is 0 Å². The predicted octanol–water partition coefficient (Wildman–Crippen LogP) is 3.42. The van der Waals surface area contributed by atoms with Gasteiger partial charge in [-0.1, -0.05) is 19.8 Å². The summed E-state index contributed by atoms with van der Waals surface area (Å²) in [6.45, 7) is 12.0. The molecule has 1 saturated carbocycles. The van der Waals surface area contributed by atoms with E-state index in [0.29, 0.717) is 5.54 Å². The molecule has 0 bridgehead atoms. The number of piperidine rings is 1. The average Bonchev–Trinajstić information content (AvgIpc) is 2.32. The summed E-state index contributed by atoms with van der Waals surface area (Å²) < 4.78 is 0. The Kier molecular flexibility index (Phi) is 4.71. The van der Waals surface area contributed by atoms with E-state index in [1.165, 1.54) is 51.6 Å². The highest BCUT2D eigenvalue weighted by atomic mass is 15.2. The lowest BCUT2D eigenvalue weighted by atomic mass is 9.85. The van der Waals surface area contributed by atoms with Gasteiger partial charge in [0.25, 0.3) is 0 Å². The zero-order valence-electron chi connectivity index (χ0n) is 12.8. The number of nitrogens with zero attached hydrogens (tertiary/aromatic N) is 1. The van der Waals surface area contributed by atoms with E-state index in [4.69, 9.17) is 0 Å². The van der Waals surface area contributed by atoms with E-state index in [1.807, 2.05) is 0 Å². The van der Waals surface area contributed by atoms with E-state index < -0.39 is 0 Å². The van der Waals surface area contributed by atoms with Crippen molar-refractivity contribution in [2.75, 3.05) is 13.1 Å². The van der Waals surface area contributed by atoms with Gasteiger partial charge in [0, 0.05) is 30.7 Å². The first-order valence-electron chi connectivity index (χ1n) is 7.98. The fourth-order valence-corrected chi connectivity index (χ4v) is 3.58. The van der Waals surface area contributed by atoms with Crippen molar-refractivity contribution in [1.29, 1.82) is 0 Å². The van der Waals surface area contributed by atoms with Gasteiger partial charge < -0.3 is 5.32 Å². The van der Waals surface area contributed by atoms with E-state index in [0.717, 1.165) is 18.0 Å². The van der Waals surface area contributed by atoms with Crippen molar-refractivity contribution in [3.63, 3.8) is 0 Å². The molecule has 0 aromatic carbocycles. The van der Waals surface area contributed by atoms with Crippen molar-refractivity contribution >= 4 is 0 Å². The van der Waals surface area contributed by atoms with Gasteiger partial charge in [-0.2, -0.15) is 0 Å². The number of likely N-dealkylation sites (tertiary alicyclic amines) is 1. The van der Waals surface area contributed by atoms with E-state index in [2.05, 4.69) is 37.9 Å². The Hall–Kier alpha value is -0.0800. The SMILES string of the molecule is CC1CCCCC1NC1CCN(C(C)(C)C)CC1. The van der Waals surface area contributed by atoms with Gasteiger partial charge in [-0.3, -0.25) is 4.90 Å². The predicted molar refractivity (Wildman–Crippen MR) is 78.9 cm³/mol. The Morgan fingerprint density at radius 1 is 0.944 bits per heavy atom. The first-order chi connectivity index (χ1) is 8.47. The van der Waals surface area contributed by atoms with Crippen LogP contribution in [0.5, 0.6) is 0 Å². The molecule has 1 N–H and O–H groups in total. The summed E-state index contributed by atoms with van der Waals surface area (Å²) in [6, 6.07) is 1.57. The van der Waals surface area contributed by atoms with Crippen molar-refractivity contribution < 1.29 is 0 Å². The monoisotopic (exact) mass is 252 g/mol. The fraction of sp³-hybridized carbons (Fsp3) is 1.00. The summed E-state index contributed by atoms with van der Waals surface area (Å²) in [7, 11) is 0. The Labute approximate surface area is 114 Å². The van der Waals surface area contributed by atoms with E-state index in [1.54, 1.807) is 0 Å². The topological polar surface area (TPSA) is 15.3 Å². The molecule has 18 heavy (non-hydrogen) atoms. The van der Waals surface area contributed by atoms with E-state index in [-0.39, 0.29) is 0 Å². The summed E-state index contributed by atoms with van der Waals surface area (Å²) in [5, 5.41) is 3.95. The maximum absolute atomic E-state index is 3.95. The lowest BCUT2D eigenvalue weighted by Crippen LogP contribution is -2.52. The highest BCUT2D eigenvalue weighted by molar-refractivity contribution is 4.87. The van der Waals surface area contributed by atoms with Gasteiger partial charge in [-0.05, 0) is 52.4 Å². The number of hydrogen-bond acceptors (Lipinski definition) is 2. The minimum atomic E-state index is 0.350. The lowest BCUT2D eigenvalue weighted by molar-refractivity contribution is 0.0893. The van der Waals surface area contributed by atoms with Crippen molar-refractivity contribution in [2.24, 2.45) is 5.92 Å². The summed E-state index contributed by atoms with van der Waals surface area (Å²) in [5.41, 5.74) is 0.350. The maximum Gasteiger partial charge on any atom is 0.0125 e. The number of hydrogen-bond donors (Lipinski definition) is 1. The molecule has 0 amide bonds. The summed E-state index contributed by atoms with van der Waals surface area (Å²) in [6.07, 6.45) is 8.38. The Morgan fingerprint density at radius 3 is 2.11 bits per heavy atom. The minimum Gasteiger partial charge on any atom is -0.311 e. The van der Waals surface area contributed by atoms with Crippen LogP contribution in [-0.4, -0.2) is 35.6 Å². The Morgan fingerprint density at radius 2 is 1.56 bits per heavy atom. The third-order valence-corrected chi connectivity index (χ3v) is 5.00. The van der Waals surface area contributed by atoms with Crippen molar-refractivity contribution in [2.45, 2.75) is 83.8 Å². The third-order valence-electron chi connectivity index (χ3n) is 5.00. The average molecular weight is 252 g/mol. The molecule has 0 radical (unpaired) electrons. The quantitative estimate of drug-likeness (QED) is 0.810. The maximum atomic E-state index is 3.95. The molecule has 2 rings (SSSR count). The van der Waals surface area contributed by atoms with Crippen LogP contribution in [0.4, 0.5) is 0 Å². The van der Waals surface area contributed by atoms with Gasteiger partial charge in [-0.15, -0.1) is 0 Å². The van der Waals surface area contributed by atoms with Gasteiger partial charge in [0.2, 0.25) is 0 Å². The van der Waals surface area contributed by atoms with E-state index >= 15 is 0 Å². The summed E-state index contributed by atoms with van der Waals surface area (Å²) in [4.78, 5) is 2.63. The van der Waals surface area contributed by atoms with Crippen LogP contribution >= 0.6 is 0 Å². The Bertz CT molecular complexity index is 248. The molecule has 1 heterocycles. The zero-order valence-corrected chi connectivity index (χ0v) is 12.8. The molecule has 2 heteroatoms. The first-order valence-corrected chi connectivity index (χ1v) is 7.98. The van der Waals surface area contributed by atoms with Gasteiger partial charge in [0.1, 0.15) is 0 Å². The molecule has 2 fully saturated rings. The van der Waals surface area contributed by atoms with Crippen molar-refractivity contribution in [1.82, 2.24) is 10.2 Å². The fourth-order valence-electron chi connectivity index (χ4n) is 3.58. The first kappa shape index (κ1) is 14.3. The molecule has 0 spiro atoms. The number of nitrogens with one attached hydrogen (secondary N) is 1. The van der Waals surface area contributed by atoms with Crippen LogP contribution in [-0.2, 0) is 0 Å². The van der Waals surface area contributed by atoms with Crippen LogP contribution in [0.1, 0.15) is 66.2 Å². The second-order valence-electron chi connectivity index (χ2n) is 7.47. The lowest BCUT2D eigenvalue weighted by Gasteiger charge is -2.42. The van der Waals surface area contributed by atoms with Gasteiger partial charge >= 0.3 is 0 Å². The normalized spacial score (nSPS) is 32.7. The largest absolute Gasteiger partial charge is 0.311 e. The second kappa shape index (κ2) is 5.92. The molecule has 2 atom stereocenters. The molecule has 1 aliphatic heterocycles.